The summed E-state index contributed by atoms with van der Waals surface area (Å²) in [5.74, 6) is -1.93. The van der Waals surface area contributed by atoms with E-state index in [2.05, 4.69) is 10.6 Å². The first-order valence-electron chi connectivity index (χ1n) is 10.2. The summed E-state index contributed by atoms with van der Waals surface area (Å²) in [5.41, 5.74) is 4.56. The molecule has 1 heterocycles. The van der Waals surface area contributed by atoms with Crippen molar-refractivity contribution in [3.8, 4) is 0 Å². The summed E-state index contributed by atoms with van der Waals surface area (Å²) in [6, 6.07) is -1.27. The quantitative estimate of drug-likeness (QED) is 0.553. The first-order chi connectivity index (χ1) is 13.0. The van der Waals surface area contributed by atoms with Gasteiger partial charge in [0.15, 0.2) is 0 Å². The average molecular weight is 393 g/mol. The van der Waals surface area contributed by atoms with E-state index in [0.29, 0.717) is 25.8 Å². The molecule has 0 radical (unpaired) electrons. The maximum atomic E-state index is 13.0. The molecule has 3 amide bonds. The third kappa shape index (κ3) is 3.92. The first kappa shape index (κ1) is 20.8. The number of hydrogen-bond acceptors (Lipinski definition) is 5. The molecule has 1 aliphatic heterocycles. The number of likely N-dealkylation sites (tertiary alicyclic amines) is 1. The van der Waals surface area contributed by atoms with E-state index in [4.69, 9.17) is 5.73 Å². The number of nitrogens with zero attached hydrogens (tertiary/aromatic N) is 1. The van der Waals surface area contributed by atoms with Gasteiger partial charge < -0.3 is 21.3 Å². The molecule has 0 bridgehead atoms. The fraction of sp³-hybridized carbons (Fsp3) is 0.800. The number of nitrogens with one attached hydrogen (secondary N) is 2. The van der Waals surface area contributed by atoms with E-state index >= 15 is 0 Å². The van der Waals surface area contributed by atoms with Crippen molar-refractivity contribution in [1.29, 1.82) is 0 Å². The molecule has 2 aliphatic carbocycles. The third-order valence-electron chi connectivity index (χ3n) is 6.22. The molecule has 0 aromatic heterocycles. The largest absolute Gasteiger partial charge is 0.347 e. The number of nitrogens with two attached hydrogens (primary N) is 1. The van der Waals surface area contributed by atoms with Gasteiger partial charge in [-0.25, -0.2) is 0 Å². The van der Waals surface area contributed by atoms with Crippen LogP contribution in [0.1, 0.15) is 59.8 Å². The van der Waals surface area contributed by atoms with Crippen molar-refractivity contribution in [1.82, 2.24) is 15.5 Å². The summed E-state index contributed by atoms with van der Waals surface area (Å²) in [7, 11) is 0. The second kappa shape index (κ2) is 7.13. The van der Waals surface area contributed by atoms with Crippen molar-refractivity contribution < 1.29 is 19.2 Å². The topological polar surface area (TPSA) is 122 Å². The second-order valence-electron chi connectivity index (χ2n) is 9.68. The average Bonchev–Trinajstić information content (AvgIpc) is 3.48. The Labute approximate surface area is 166 Å². The fourth-order valence-electron chi connectivity index (χ4n) is 3.81. The smallest absolute Gasteiger partial charge is 0.290 e. The van der Waals surface area contributed by atoms with Crippen LogP contribution in [-0.2, 0) is 19.2 Å². The zero-order valence-corrected chi connectivity index (χ0v) is 17.2. The van der Waals surface area contributed by atoms with Gasteiger partial charge in [0.25, 0.3) is 5.91 Å². The Kier molecular flexibility index (Phi) is 5.29. The monoisotopic (exact) mass is 392 g/mol. The van der Waals surface area contributed by atoms with E-state index in [1.807, 2.05) is 27.7 Å². The predicted octanol–water partition coefficient (Wildman–Crippen LogP) is 0.0933. The van der Waals surface area contributed by atoms with Crippen molar-refractivity contribution in [2.75, 3.05) is 6.54 Å². The Balaban J connectivity index is 1.67. The minimum absolute atomic E-state index is 0.0834. The van der Waals surface area contributed by atoms with Crippen LogP contribution in [0.4, 0.5) is 0 Å². The second-order valence-corrected chi connectivity index (χ2v) is 9.68. The standard InChI is InChI=1S/C20H32N4O4/c1-11-10-20(11,15(25)17(27)22-12-7-8-12)23-16(26)13-6-5-9-24(13)18(28)14(21)19(2,3)4/h11-14H,5-10,21H2,1-4H3,(H,22,27)(H,23,26)/t11-,13-,14+,20?/m0/s1. The fourth-order valence-corrected chi connectivity index (χ4v) is 3.81. The zero-order valence-electron chi connectivity index (χ0n) is 17.2. The van der Waals surface area contributed by atoms with Gasteiger partial charge in [-0.3, -0.25) is 19.2 Å². The van der Waals surface area contributed by atoms with Crippen molar-refractivity contribution >= 4 is 23.5 Å². The van der Waals surface area contributed by atoms with Crippen molar-refractivity contribution in [2.45, 2.75) is 83.5 Å². The summed E-state index contributed by atoms with van der Waals surface area (Å²) in [6.45, 7) is 7.98. The lowest BCUT2D eigenvalue weighted by Crippen LogP contribution is -2.58. The summed E-state index contributed by atoms with van der Waals surface area (Å²) in [5, 5.41) is 5.51. The van der Waals surface area contributed by atoms with Gasteiger partial charge in [-0.2, -0.15) is 0 Å². The van der Waals surface area contributed by atoms with Crippen LogP contribution < -0.4 is 16.4 Å². The van der Waals surface area contributed by atoms with Crippen LogP contribution in [0.15, 0.2) is 0 Å². The molecule has 4 N–H and O–H groups in total. The highest BCUT2D eigenvalue weighted by Crippen LogP contribution is 2.44. The van der Waals surface area contributed by atoms with Crippen LogP contribution in [0.25, 0.3) is 0 Å². The first-order valence-corrected chi connectivity index (χ1v) is 10.2. The lowest BCUT2D eigenvalue weighted by molar-refractivity contribution is -0.144. The van der Waals surface area contributed by atoms with Gasteiger partial charge in [-0.05, 0) is 43.4 Å². The maximum Gasteiger partial charge on any atom is 0.290 e. The molecule has 3 rings (SSSR count). The van der Waals surface area contributed by atoms with Crippen LogP contribution >= 0.6 is 0 Å². The summed E-state index contributed by atoms with van der Waals surface area (Å²) < 4.78 is 0. The third-order valence-corrected chi connectivity index (χ3v) is 6.22. The lowest BCUT2D eigenvalue weighted by Gasteiger charge is -2.33. The van der Waals surface area contributed by atoms with Gasteiger partial charge in [-0.15, -0.1) is 0 Å². The van der Waals surface area contributed by atoms with Gasteiger partial charge in [0.1, 0.15) is 11.6 Å². The lowest BCUT2D eigenvalue weighted by atomic mass is 9.86. The minimum atomic E-state index is -1.14. The molecule has 8 heteroatoms. The van der Waals surface area contributed by atoms with Crippen LogP contribution in [0, 0.1) is 11.3 Å². The van der Waals surface area contributed by atoms with Crippen molar-refractivity contribution in [3.63, 3.8) is 0 Å². The van der Waals surface area contributed by atoms with Gasteiger partial charge in [0.2, 0.25) is 17.6 Å². The molecule has 3 fully saturated rings. The number of ketones is 1. The van der Waals surface area contributed by atoms with Crippen molar-refractivity contribution in [2.24, 2.45) is 17.1 Å². The number of carbonyl (C=O) groups excluding carboxylic acids is 4. The van der Waals surface area contributed by atoms with E-state index < -0.39 is 34.7 Å². The molecular weight excluding hydrogens is 360 g/mol. The Morgan fingerprint density at radius 2 is 1.75 bits per heavy atom. The van der Waals surface area contributed by atoms with E-state index in [9.17, 15) is 19.2 Å². The summed E-state index contributed by atoms with van der Waals surface area (Å²) in [6.07, 6.45) is 3.46. The highest BCUT2D eigenvalue weighted by Gasteiger charge is 2.61. The van der Waals surface area contributed by atoms with Crippen LogP contribution in [0.3, 0.4) is 0 Å². The molecule has 156 valence electrons. The van der Waals surface area contributed by atoms with Crippen molar-refractivity contribution in [3.05, 3.63) is 0 Å². The normalized spacial score (nSPS) is 30.5. The number of amides is 3. The van der Waals surface area contributed by atoms with Crippen LogP contribution in [0.2, 0.25) is 0 Å². The highest BCUT2D eigenvalue weighted by molar-refractivity contribution is 6.41. The molecule has 0 spiro atoms. The molecule has 28 heavy (non-hydrogen) atoms. The molecule has 2 saturated carbocycles. The highest BCUT2D eigenvalue weighted by atomic mass is 16.2. The van der Waals surface area contributed by atoms with E-state index in [-0.39, 0.29) is 23.8 Å². The van der Waals surface area contributed by atoms with Gasteiger partial charge in [0, 0.05) is 12.6 Å². The SMILES string of the molecule is C[C@H]1CC1(NC(=O)[C@@H]1CCCN1C(=O)[C@@H](N)C(C)(C)C)C(=O)C(=O)NC1CC1. The van der Waals surface area contributed by atoms with E-state index in [0.717, 1.165) is 12.8 Å². The number of Topliss-reactive ketones (excluding diaryl/α,β-unsaturated/α-hetero) is 1. The number of hydrogen-bond donors (Lipinski definition) is 3. The Hall–Kier alpha value is -1.96. The summed E-state index contributed by atoms with van der Waals surface area (Å²) >= 11 is 0. The predicted molar refractivity (Wildman–Crippen MR) is 103 cm³/mol. The van der Waals surface area contributed by atoms with Gasteiger partial charge in [-0.1, -0.05) is 27.7 Å². The molecule has 4 atom stereocenters. The Morgan fingerprint density at radius 1 is 1.14 bits per heavy atom. The molecule has 0 aromatic carbocycles. The van der Waals surface area contributed by atoms with E-state index in [1.165, 1.54) is 4.90 Å². The molecule has 0 aromatic rings. The van der Waals surface area contributed by atoms with Crippen LogP contribution in [-0.4, -0.2) is 58.6 Å². The molecule has 1 unspecified atom stereocenters. The minimum Gasteiger partial charge on any atom is -0.347 e. The molecule has 1 saturated heterocycles. The maximum absolute atomic E-state index is 13.0. The zero-order chi connectivity index (χ0) is 20.9. The Bertz CT molecular complexity index is 697. The summed E-state index contributed by atoms with van der Waals surface area (Å²) in [4.78, 5) is 52.2. The molecular formula is C20H32N4O4. The number of rotatable bonds is 6. The Morgan fingerprint density at radius 3 is 2.25 bits per heavy atom. The number of carbonyl (C=O) groups is 4. The van der Waals surface area contributed by atoms with Gasteiger partial charge in [0.05, 0.1) is 6.04 Å². The van der Waals surface area contributed by atoms with Gasteiger partial charge >= 0.3 is 0 Å². The molecule has 3 aliphatic rings. The van der Waals surface area contributed by atoms with Crippen LogP contribution in [0.5, 0.6) is 0 Å². The molecule has 8 nitrogen and oxygen atoms in total. The van der Waals surface area contributed by atoms with E-state index in [1.54, 1.807) is 0 Å².